The summed E-state index contributed by atoms with van der Waals surface area (Å²) in [5, 5.41) is 6.80. The summed E-state index contributed by atoms with van der Waals surface area (Å²) in [6.07, 6.45) is 0. The molecule has 1 aromatic rings. The monoisotopic (exact) mass is 209 g/mol. The topological polar surface area (TPSA) is 54.7 Å². The van der Waals surface area contributed by atoms with Crippen LogP contribution in [0.3, 0.4) is 0 Å². The molecule has 1 rings (SSSR count). The Bertz CT molecular complexity index is 210. The average molecular weight is 210 g/mol. The highest BCUT2D eigenvalue weighted by Gasteiger charge is 2.04. The summed E-state index contributed by atoms with van der Waals surface area (Å²) < 4.78 is 0.756. The van der Waals surface area contributed by atoms with Gasteiger partial charge in [0.25, 0.3) is 0 Å². The summed E-state index contributed by atoms with van der Waals surface area (Å²) in [5.74, 6) is 0. The second-order valence-corrected chi connectivity index (χ2v) is 2.66. The Morgan fingerprint density at radius 2 is 2.44 bits per heavy atom. The lowest BCUT2D eigenvalue weighted by atomic mass is 10.4. The van der Waals surface area contributed by atoms with Crippen LogP contribution < -0.4 is 5.73 Å². The molecule has 0 bridgehead atoms. The van der Waals surface area contributed by atoms with Gasteiger partial charge in [-0.15, -0.1) is 0 Å². The number of aromatic amines is 1. The molecule has 0 fully saturated rings. The quantitative estimate of drug-likeness (QED) is 0.734. The summed E-state index contributed by atoms with van der Waals surface area (Å²) in [5.41, 5.74) is 6.12. The number of halogens is 2. The third-order valence-corrected chi connectivity index (χ3v) is 2.30. The Morgan fingerprint density at radius 1 is 1.78 bits per heavy atom. The highest BCUT2D eigenvalue weighted by Crippen LogP contribution is 2.22. The minimum absolute atomic E-state index is 0.417. The summed E-state index contributed by atoms with van der Waals surface area (Å²) in [6.45, 7) is 0.417. The molecule has 0 saturated heterocycles. The van der Waals surface area contributed by atoms with E-state index in [-0.39, 0.29) is 0 Å². The average Bonchev–Trinajstić information content (AvgIpc) is 2.15. The maximum atomic E-state index is 5.56. The van der Waals surface area contributed by atoms with Crippen LogP contribution in [0.1, 0.15) is 5.69 Å². The molecule has 1 heterocycles. The van der Waals surface area contributed by atoms with Gasteiger partial charge in [0.05, 0.1) is 10.2 Å². The molecule has 0 radical (unpaired) electrons. The molecule has 0 aliphatic rings. The highest BCUT2D eigenvalue weighted by molar-refractivity contribution is 9.10. The molecule has 3 N–H and O–H groups in total. The van der Waals surface area contributed by atoms with Crippen LogP contribution in [0.5, 0.6) is 0 Å². The summed E-state index contributed by atoms with van der Waals surface area (Å²) in [4.78, 5) is 0. The van der Waals surface area contributed by atoms with E-state index in [1.807, 2.05) is 0 Å². The van der Waals surface area contributed by atoms with Gasteiger partial charge in [0.1, 0.15) is 0 Å². The third-order valence-electron chi connectivity index (χ3n) is 0.939. The van der Waals surface area contributed by atoms with Gasteiger partial charge in [0, 0.05) is 6.54 Å². The first kappa shape index (κ1) is 7.05. The fraction of sp³-hybridized carbons (Fsp3) is 0.250. The Labute approximate surface area is 65.7 Å². The zero-order valence-electron chi connectivity index (χ0n) is 4.49. The lowest BCUT2D eigenvalue weighted by Crippen LogP contribution is -1.96. The van der Waals surface area contributed by atoms with E-state index in [0.29, 0.717) is 11.7 Å². The van der Waals surface area contributed by atoms with Crippen molar-refractivity contribution >= 4 is 27.5 Å². The molecule has 0 aromatic carbocycles. The molecular formula is C4H5BrClN3. The van der Waals surface area contributed by atoms with E-state index in [1.165, 1.54) is 0 Å². The maximum absolute atomic E-state index is 5.56. The standard InChI is InChI=1S/C4H5BrClN3/c5-3-2(1-7)8-9-4(3)6/h1,7H2,(H,8,9). The van der Waals surface area contributed by atoms with Crippen molar-refractivity contribution in [2.45, 2.75) is 6.54 Å². The van der Waals surface area contributed by atoms with Crippen LogP contribution >= 0.6 is 27.5 Å². The van der Waals surface area contributed by atoms with Gasteiger partial charge in [-0.2, -0.15) is 5.10 Å². The smallest absolute Gasteiger partial charge is 0.165 e. The zero-order valence-corrected chi connectivity index (χ0v) is 6.83. The van der Waals surface area contributed by atoms with E-state index in [0.717, 1.165) is 10.2 Å². The second-order valence-electron chi connectivity index (χ2n) is 1.51. The molecule has 0 amide bonds. The molecule has 0 unspecified atom stereocenters. The van der Waals surface area contributed by atoms with Crippen LogP contribution in [0, 0.1) is 0 Å². The van der Waals surface area contributed by atoms with Crippen LogP contribution in [0.2, 0.25) is 5.15 Å². The van der Waals surface area contributed by atoms with Crippen LogP contribution in [-0.2, 0) is 6.54 Å². The second kappa shape index (κ2) is 2.68. The van der Waals surface area contributed by atoms with Crippen LogP contribution in [0.25, 0.3) is 0 Å². The Balaban J connectivity index is 3.04. The predicted molar refractivity (Wildman–Crippen MR) is 39.2 cm³/mol. The van der Waals surface area contributed by atoms with Gasteiger partial charge in [-0.3, -0.25) is 5.10 Å². The minimum atomic E-state index is 0.417. The van der Waals surface area contributed by atoms with E-state index < -0.39 is 0 Å². The highest BCUT2D eigenvalue weighted by atomic mass is 79.9. The molecular weight excluding hydrogens is 205 g/mol. The number of rotatable bonds is 1. The first-order chi connectivity index (χ1) is 4.25. The minimum Gasteiger partial charge on any atom is -0.325 e. The van der Waals surface area contributed by atoms with Crippen LogP contribution in [0.15, 0.2) is 4.47 Å². The first-order valence-corrected chi connectivity index (χ1v) is 3.51. The number of hydrogen-bond acceptors (Lipinski definition) is 2. The molecule has 0 aliphatic carbocycles. The lowest BCUT2D eigenvalue weighted by molar-refractivity contribution is 0.944. The number of hydrogen-bond donors (Lipinski definition) is 2. The van der Waals surface area contributed by atoms with Gasteiger partial charge < -0.3 is 5.73 Å². The normalized spacial score (nSPS) is 10.1. The molecule has 0 saturated carbocycles. The first-order valence-electron chi connectivity index (χ1n) is 2.34. The predicted octanol–water partition coefficient (Wildman–Crippen LogP) is 1.28. The SMILES string of the molecule is NCc1[nH]nc(Cl)c1Br. The van der Waals surface area contributed by atoms with Crippen LogP contribution in [-0.4, -0.2) is 10.2 Å². The van der Waals surface area contributed by atoms with Crippen LogP contribution in [0.4, 0.5) is 0 Å². The van der Waals surface area contributed by atoms with Gasteiger partial charge in [0.2, 0.25) is 0 Å². The summed E-state index contributed by atoms with van der Waals surface area (Å²) in [6, 6.07) is 0. The van der Waals surface area contributed by atoms with Gasteiger partial charge in [-0.25, -0.2) is 0 Å². The Kier molecular flexibility index (Phi) is 2.10. The molecule has 0 spiro atoms. The number of H-pyrrole nitrogens is 1. The third kappa shape index (κ3) is 1.26. The molecule has 3 nitrogen and oxygen atoms in total. The van der Waals surface area contributed by atoms with E-state index in [2.05, 4.69) is 26.1 Å². The van der Waals surface area contributed by atoms with Gasteiger partial charge in [0.15, 0.2) is 5.15 Å². The Morgan fingerprint density at radius 3 is 2.67 bits per heavy atom. The van der Waals surface area contributed by atoms with E-state index >= 15 is 0 Å². The van der Waals surface area contributed by atoms with Crippen molar-refractivity contribution in [2.24, 2.45) is 5.73 Å². The molecule has 9 heavy (non-hydrogen) atoms. The van der Waals surface area contributed by atoms with Crippen molar-refractivity contribution in [1.29, 1.82) is 0 Å². The van der Waals surface area contributed by atoms with Crippen molar-refractivity contribution < 1.29 is 0 Å². The molecule has 5 heteroatoms. The zero-order chi connectivity index (χ0) is 6.85. The van der Waals surface area contributed by atoms with Gasteiger partial charge in [-0.05, 0) is 15.9 Å². The molecule has 1 aromatic heterocycles. The van der Waals surface area contributed by atoms with Crippen molar-refractivity contribution in [1.82, 2.24) is 10.2 Å². The van der Waals surface area contributed by atoms with E-state index in [4.69, 9.17) is 17.3 Å². The van der Waals surface area contributed by atoms with Crippen molar-refractivity contribution in [3.63, 3.8) is 0 Å². The van der Waals surface area contributed by atoms with Crippen molar-refractivity contribution in [3.8, 4) is 0 Å². The maximum Gasteiger partial charge on any atom is 0.165 e. The number of nitrogens with two attached hydrogens (primary N) is 1. The number of nitrogens with zero attached hydrogens (tertiary/aromatic N) is 1. The van der Waals surface area contributed by atoms with Gasteiger partial charge >= 0.3 is 0 Å². The summed E-state index contributed by atoms with van der Waals surface area (Å²) >= 11 is 8.77. The van der Waals surface area contributed by atoms with E-state index in [1.54, 1.807) is 0 Å². The molecule has 0 atom stereocenters. The summed E-state index contributed by atoms with van der Waals surface area (Å²) in [7, 11) is 0. The van der Waals surface area contributed by atoms with E-state index in [9.17, 15) is 0 Å². The molecule has 0 aliphatic heterocycles. The number of aromatic nitrogens is 2. The fourth-order valence-corrected chi connectivity index (χ4v) is 0.970. The van der Waals surface area contributed by atoms with Gasteiger partial charge in [-0.1, -0.05) is 11.6 Å². The lowest BCUT2D eigenvalue weighted by Gasteiger charge is -1.86. The largest absolute Gasteiger partial charge is 0.325 e. The fourth-order valence-electron chi connectivity index (χ4n) is 0.474. The Hall–Kier alpha value is -0.0600. The molecule has 50 valence electrons. The van der Waals surface area contributed by atoms with Crippen molar-refractivity contribution in [2.75, 3.05) is 0 Å². The number of nitrogens with one attached hydrogen (secondary N) is 1. The van der Waals surface area contributed by atoms with Crippen molar-refractivity contribution in [3.05, 3.63) is 15.3 Å².